The van der Waals surface area contributed by atoms with Crippen LogP contribution in [0, 0.1) is 0 Å². The quantitative estimate of drug-likeness (QED) is 0.551. The first kappa shape index (κ1) is 12.5. The van der Waals surface area contributed by atoms with Crippen LogP contribution in [0.3, 0.4) is 0 Å². The van der Waals surface area contributed by atoms with Crippen LogP contribution in [0.1, 0.15) is 13.3 Å². The summed E-state index contributed by atoms with van der Waals surface area (Å²) >= 11 is 5.63. The SMILES string of the molecule is CCC1=C[N+]=C(CCl)C=C1OC.[Cl-]. The van der Waals surface area contributed by atoms with Crippen molar-refractivity contribution in [3.05, 3.63) is 23.6 Å². The first-order valence-electron chi connectivity index (χ1n) is 3.89. The van der Waals surface area contributed by atoms with E-state index in [-0.39, 0.29) is 12.4 Å². The molecule has 0 aliphatic carbocycles. The van der Waals surface area contributed by atoms with Gasteiger partial charge in [0.25, 0.3) is 5.71 Å². The second-order valence-electron chi connectivity index (χ2n) is 2.47. The van der Waals surface area contributed by atoms with Gasteiger partial charge in [0.1, 0.15) is 11.6 Å². The molecule has 1 heterocycles. The topological polar surface area (TPSA) is 23.3 Å². The van der Waals surface area contributed by atoms with Crippen molar-refractivity contribution >= 4 is 17.3 Å². The van der Waals surface area contributed by atoms with Gasteiger partial charge >= 0.3 is 0 Å². The van der Waals surface area contributed by atoms with Crippen LogP contribution in [0.2, 0.25) is 0 Å². The van der Waals surface area contributed by atoms with Crippen LogP contribution in [-0.2, 0) is 4.74 Å². The summed E-state index contributed by atoms with van der Waals surface area (Å²) in [6.45, 7) is 2.07. The molecule has 0 bridgehead atoms. The van der Waals surface area contributed by atoms with E-state index >= 15 is 0 Å². The summed E-state index contributed by atoms with van der Waals surface area (Å²) < 4.78 is 5.18. The lowest BCUT2D eigenvalue weighted by Gasteiger charge is -2.06. The van der Waals surface area contributed by atoms with Gasteiger partial charge in [-0.2, -0.15) is 0 Å². The Balaban J connectivity index is 0.00000144. The minimum atomic E-state index is 0. The first-order valence-corrected chi connectivity index (χ1v) is 4.43. The zero-order chi connectivity index (χ0) is 8.97. The summed E-state index contributed by atoms with van der Waals surface area (Å²) in [6, 6.07) is 0. The van der Waals surface area contributed by atoms with Crippen molar-refractivity contribution in [2.45, 2.75) is 13.3 Å². The van der Waals surface area contributed by atoms with Gasteiger partial charge in [-0.1, -0.05) is 6.92 Å². The van der Waals surface area contributed by atoms with Gasteiger partial charge in [0.15, 0.2) is 0 Å². The molecule has 4 heteroatoms. The molecule has 0 saturated heterocycles. The van der Waals surface area contributed by atoms with Crippen molar-refractivity contribution in [3.8, 4) is 0 Å². The van der Waals surface area contributed by atoms with Gasteiger partial charge in [0, 0.05) is 0 Å². The Morgan fingerprint density at radius 2 is 2.23 bits per heavy atom. The summed E-state index contributed by atoms with van der Waals surface area (Å²) in [4.78, 5) is 4.16. The van der Waals surface area contributed by atoms with Gasteiger partial charge in [-0.25, -0.2) is 0 Å². The van der Waals surface area contributed by atoms with Crippen LogP contribution >= 0.6 is 11.6 Å². The normalized spacial score (nSPS) is 15.2. The molecule has 0 aromatic rings. The van der Waals surface area contributed by atoms with E-state index in [9.17, 15) is 0 Å². The Bertz CT molecular complexity index is 256. The van der Waals surface area contributed by atoms with E-state index in [1.807, 2.05) is 12.3 Å². The molecule has 1 aliphatic heterocycles. The first-order chi connectivity index (χ1) is 5.81. The highest BCUT2D eigenvalue weighted by Crippen LogP contribution is 2.16. The fraction of sp³-hybridized carbons (Fsp3) is 0.444. The second kappa shape index (κ2) is 6.06. The molecule has 0 unspecified atom stereocenters. The van der Waals surface area contributed by atoms with Crippen LogP contribution in [-0.4, -0.2) is 18.7 Å². The number of aliphatic imine (C=N–C) groups is 1. The van der Waals surface area contributed by atoms with Gasteiger partial charge in [0.05, 0.1) is 23.8 Å². The number of allylic oxidation sites excluding steroid dienone is 2. The Morgan fingerprint density at radius 3 is 2.69 bits per heavy atom. The fourth-order valence-electron chi connectivity index (χ4n) is 1.03. The Hall–Kier alpha value is -0.470. The average molecular weight is 221 g/mol. The molecular formula is C9H12Cl2NO. The maximum Gasteiger partial charge on any atom is 0.272 e. The van der Waals surface area contributed by atoms with Crippen molar-refractivity contribution in [1.29, 1.82) is 0 Å². The minimum absolute atomic E-state index is 0. The summed E-state index contributed by atoms with van der Waals surface area (Å²) in [5, 5.41) is 0. The van der Waals surface area contributed by atoms with Gasteiger partial charge in [-0.15, -0.1) is 11.6 Å². The van der Waals surface area contributed by atoms with E-state index in [0.29, 0.717) is 5.88 Å². The number of halogens is 2. The lowest BCUT2D eigenvalue weighted by atomic mass is 10.1. The van der Waals surface area contributed by atoms with Gasteiger partial charge in [0.2, 0.25) is 6.20 Å². The Kier molecular flexibility index (Phi) is 5.84. The third kappa shape index (κ3) is 3.05. The van der Waals surface area contributed by atoms with Crippen LogP contribution in [0.15, 0.2) is 23.6 Å². The number of alkyl halides is 1. The molecule has 2 nitrogen and oxygen atoms in total. The molecule has 13 heavy (non-hydrogen) atoms. The summed E-state index contributed by atoms with van der Waals surface area (Å²) in [6.07, 6.45) is 4.63. The van der Waals surface area contributed by atoms with Crippen molar-refractivity contribution in [2.24, 2.45) is 0 Å². The molecule has 0 spiro atoms. The number of hydrogen-bond donors (Lipinski definition) is 0. The van der Waals surface area contributed by atoms with Crippen molar-refractivity contribution in [3.63, 3.8) is 0 Å². The molecule has 73 valence electrons. The second-order valence-corrected chi connectivity index (χ2v) is 2.74. The van der Waals surface area contributed by atoms with Gasteiger partial charge in [-0.05, 0) is 6.42 Å². The Morgan fingerprint density at radius 1 is 1.54 bits per heavy atom. The maximum absolute atomic E-state index is 5.63. The predicted octanol–water partition coefficient (Wildman–Crippen LogP) is -1.16. The summed E-state index contributed by atoms with van der Waals surface area (Å²) in [5.74, 6) is 1.31. The van der Waals surface area contributed by atoms with E-state index in [0.717, 1.165) is 23.5 Å². The zero-order valence-corrected chi connectivity index (χ0v) is 9.19. The van der Waals surface area contributed by atoms with Crippen LogP contribution in [0.4, 0.5) is 0 Å². The number of ether oxygens (including phenoxy) is 1. The molecule has 0 fully saturated rings. The number of hydrogen-bond acceptors (Lipinski definition) is 2. The monoisotopic (exact) mass is 220 g/mol. The number of methoxy groups -OCH3 is 1. The summed E-state index contributed by atoms with van der Waals surface area (Å²) in [5.41, 5.74) is 1.97. The highest BCUT2D eigenvalue weighted by atomic mass is 35.5. The highest BCUT2D eigenvalue weighted by molar-refractivity contribution is 6.30. The van der Waals surface area contributed by atoms with Crippen LogP contribution < -0.4 is 17.4 Å². The third-order valence-corrected chi connectivity index (χ3v) is 2.01. The molecule has 1 aliphatic rings. The molecule has 0 aromatic heterocycles. The van der Waals surface area contributed by atoms with Crippen molar-refractivity contribution in [2.75, 3.05) is 13.0 Å². The molecule has 0 amide bonds. The van der Waals surface area contributed by atoms with E-state index in [2.05, 4.69) is 11.9 Å². The Labute approximate surface area is 89.7 Å². The number of rotatable bonds is 3. The van der Waals surface area contributed by atoms with Crippen molar-refractivity contribution < 1.29 is 17.1 Å². The highest BCUT2D eigenvalue weighted by Gasteiger charge is 2.17. The molecule has 0 aromatic carbocycles. The lowest BCUT2D eigenvalue weighted by Crippen LogP contribution is -3.00. The molecule has 0 N–H and O–H groups in total. The standard InChI is InChI=1S/C9H12ClNO.ClH/c1-3-7-6-11-8(5-10)4-9(7)12-2;/h4,6H,3,5H2,1-2H3;1H/q+1;/p-1. The van der Waals surface area contributed by atoms with E-state index < -0.39 is 0 Å². The lowest BCUT2D eigenvalue weighted by molar-refractivity contribution is -0.00000295. The van der Waals surface area contributed by atoms with Crippen LogP contribution in [0.5, 0.6) is 0 Å². The largest absolute Gasteiger partial charge is 1.00 e. The molecule has 1 rings (SSSR count). The molecule has 1 radical (unpaired) electrons. The van der Waals surface area contributed by atoms with E-state index in [1.165, 1.54) is 0 Å². The summed E-state index contributed by atoms with van der Waals surface area (Å²) in [7, 11) is 1.66. The molecule has 0 saturated carbocycles. The fourth-order valence-corrected chi connectivity index (χ4v) is 1.18. The van der Waals surface area contributed by atoms with E-state index in [4.69, 9.17) is 16.3 Å². The average Bonchev–Trinajstić information content (AvgIpc) is 2.16. The molecular weight excluding hydrogens is 209 g/mol. The maximum atomic E-state index is 5.63. The third-order valence-electron chi connectivity index (χ3n) is 1.74. The van der Waals surface area contributed by atoms with Gasteiger partial charge < -0.3 is 17.1 Å². The molecule has 0 atom stereocenters. The van der Waals surface area contributed by atoms with Gasteiger partial charge in [-0.3, -0.25) is 0 Å². The minimum Gasteiger partial charge on any atom is -1.00 e. The van der Waals surface area contributed by atoms with Crippen molar-refractivity contribution in [1.82, 2.24) is 4.99 Å². The number of nitrogens with zero attached hydrogens (tertiary/aromatic N) is 1. The smallest absolute Gasteiger partial charge is 0.272 e. The van der Waals surface area contributed by atoms with Crippen LogP contribution in [0.25, 0.3) is 0 Å². The predicted molar refractivity (Wildman–Crippen MR) is 51.3 cm³/mol. The zero-order valence-electron chi connectivity index (χ0n) is 7.68. The van der Waals surface area contributed by atoms with E-state index in [1.54, 1.807) is 7.11 Å².